The number of aliphatic hydroxyl groups excluding tert-OH is 1. The summed E-state index contributed by atoms with van der Waals surface area (Å²) in [6.07, 6.45) is 2.15. The van der Waals surface area contributed by atoms with Gasteiger partial charge in [-0.3, -0.25) is 9.78 Å². The number of amides is 1. The molecule has 0 aliphatic carbocycles. The van der Waals surface area contributed by atoms with Crippen molar-refractivity contribution in [2.24, 2.45) is 5.92 Å². The summed E-state index contributed by atoms with van der Waals surface area (Å²) in [6.45, 7) is 2.13. The minimum absolute atomic E-state index is 0.0111. The molecule has 4 unspecified atom stereocenters. The minimum Gasteiger partial charge on any atom is -0.496 e. The quantitative estimate of drug-likeness (QED) is 0.230. The van der Waals surface area contributed by atoms with Crippen LogP contribution in [0.4, 0.5) is 5.69 Å². The van der Waals surface area contributed by atoms with Gasteiger partial charge in [-0.25, -0.2) is 0 Å². The molecule has 40 heavy (non-hydrogen) atoms. The molecule has 1 aromatic heterocycles. The maximum absolute atomic E-state index is 12.7. The van der Waals surface area contributed by atoms with Gasteiger partial charge in [-0.15, -0.1) is 11.8 Å². The highest BCUT2D eigenvalue weighted by molar-refractivity contribution is 7.99. The maximum atomic E-state index is 12.7. The average molecular weight is 557 g/mol. The average Bonchev–Trinajstić information content (AvgIpc) is 3.01. The lowest BCUT2D eigenvalue weighted by atomic mass is 9.91. The zero-order valence-electron chi connectivity index (χ0n) is 22.4. The van der Waals surface area contributed by atoms with E-state index in [0.717, 1.165) is 27.3 Å². The summed E-state index contributed by atoms with van der Waals surface area (Å²) < 4.78 is 18.7. The van der Waals surface area contributed by atoms with Crippen molar-refractivity contribution in [3.63, 3.8) is 0 Å². The van der Waals surface area contributed by atoms with Crippen LogP contribution < -0.4 is 10.1 Å². The second-order valence-electron chi connectivity index (χ2n) is 9.61. The van der Waals surface area contributed by atoms with Crippen molar-refractivity contribution in [2.45, 2.75) is 36.9 Å². The Morgan fingerprint density at radius 1 is 1.00 bits per heavy atom. The van der Waals surface area contributed by atoms with Gasteiger partial charge in [-0.2, -0.15) is 0 Å². The summed E-state index contributed by atoms with van der Waals surface area (Å²) in [6, 6.07) is 26.8. The number of methoxy groups -OCH3 is 1. The summed E-state index contributed by atoms with van der Waals surface area (Å²) in [7, 11) is 1.68. The van der Waals surface area contributed by atoms with E-state index in [2.05, 4.69) is 17.2 Å². The fourth-order valence-electron chi connectivity index (χ4n) is 4.68. The molecule has 0 bridgehead atoms. The molecule has 4 aromatic rings. The maximum Gasteiger partial charge on any atom is 0.257 e. The molecule has 1 amide bonds. The van der Waals surface area contributed by atoms with Crippen molar-refractivity contribution in [1.82, 2.24) is 4.98 Å². The number of ether oxygens (including phenoxy) is 3. The molecule has 1 aliphatic heterocycles. The molecule has 206 valence electrons. The number of rotatable bonds is 9. The zero-order chi connectivity index (χ0) is 27.9. The Hall–Kier alpha value is -3.69. The summed E-state index contributed by atoms with van der Waals surface area (Å²) in [5, 5.41) is 12.4. The number of aromatic nitrogens is 1. The number of thioether (sulfide) groups is 1. The molecule has 1 aliphatic rings. The van der Waals surface area contributed by atoms with Crippen LogP contribution in [0.1, 0.15) is 46.4 Å². The molecule has 2 heterocycles. The van der Waals surface area contributed by atoms with Gasteiger partial charge < -0.3 is 24.6 Å². The molecule has 0 saturated carbocycles. The normalized spacial score (nSPS) is 20.6. The van der Waals surface area contributed by atoms with Crippen LogP contribution in [0.3, 0.4) is 0 Å². The molecule has 5 rings (SSSR count). The van der Waals surface area contributed by atoms with Crippen molar-refractivity contribution < 1.29 is 24.1 Å². The van der Waals surface area contributed by atoms with Crippen molar-refractivity contribution in [3.05, 3.63) is 120 Å². The number of nitrogens with one attached hydrogen (secondary N) is 1. The highest BCUT2D eigenvalue weighted by Gasteiger charge is 2.38. The fourth-order valence-corrected chi connectivity index (χ4v) is 5.88. The number of para-hydroxylation sites is 1. The Balaban J connectivity index is 1.39. The highest BCUT2D eigenvalue weighted by atomic mass is 32.2. The van der Waals surface area contributed by atoms with Gasteiger partial charge in [0.1, 0.15) is 5.75 Å². The molecule has 8 heteroatoms. The molecule has 7 nitrogen and oxygen atoms in total. The lowest BCUT2D eigenvalue weighted by molar-refractivity contribution is -0.268. The molecular weight excluding hydrogens is 524 g/mol. The SMILES string of the molecule is COc1ccccc1SCC1OC(c2cccc(NC(=O)c3cccnc3)c2)OC(c2ccc(CO)cc2)C1C. The number of nitrogens with zero attached hydrogens (tertiary/aromatic N) is 1. The number of carbonyl (C=O) groups excluding carboxylic acids is 1. The van der Waals surface area contributed by atoms with Crippen LogP contribution in [0.25, 0.3) is 0 Å². The molecular formula is C32H32N2O5S. The predicted octanol–water partition coefficient (Wildman–Crippen LogP) is 6.42. The Bertz CT molecular complexity index is 1420. The van der Waals surface area contributed by atoms with E-state index >= 15 is 0 Å². The number of carbonyl (C=O) groups is 1. The van der Waals surface area contributed by atoms with E-state index in [1.165, 1.54) is 6.20 Å². The van der Waals surface area contributed by atoms with Gasteiger partial charge in [0, 0.05) is 40.2 Å². The lowest BCUT2D eigenvalue weighted by Gasteiger charge is -2.41. The number of anilines is 1. The zero-order valence-corrected chi connectivity index (χ0v) is 23.2. The third-order valence-electron chi connectivity index (χ3n) is 6.94. The van der Waals surface area contributed by atoms with Gasteiger partial charge in [-0.05, 0) is 47.5 Å². The fraction of sp³-hybridized carbons (Fsp3) is 0.250. The molecule has 3 aromatic carbocycles. The first kappa shape index (κ1) is 27.9. The van der Waals surface area contributed by atoms with E-state index in [1.54, 1.807) is 37.2 Å². The number of benzene rings is 3. The van der Waals surface area contributed by atoms with Gasteiger partial charge in [0.25, 0.3) is 5.91 Å². The third kappa shape index (κ3) is 6.54. The molecule has 1 saturated heterocycles. The first-order chi connectivity index (χ1) is 19.6. The second kappa shape index (κ2) is 13.1. The monoisotopic (exact) mass is 556 g/mol. The van der Waals surface area contributed by atoms with E-state index in [-0.39, 0.29) is 30.6 Å². The van der Waals surface area contributed by atoms with Crippen LogP contribution in [0.5, 0.6) is 5.75 Å². The van der Waals surface area contributed by atoms with Crippen molar-refractivity contribution in [2.75, 3.05) is 18.2 Å². The van der Waals surface area contributed by atoms with Crippen LogP contribution >= 0.6 is 11.8 Å². The predicted molar refractivity (Wildman–Crippen MR) is 155 cm³/mol. The van der Waals surface area contributed by atoms with Crippen molar-refractivity contribution in [3.8, 4) is 5.75 Å². The minimum atomic E-state index is -0.641. The van der Waals surface area contributed by atoms with Crippen LogP contribution in [-0.2, 0) is 16.1 Å². The number of hydrogen-bond acceptors (Lipinski definition) is 7. The standard InChI is InChI=1S/C32H32N2O5S/c1-21-28(20-40-29-11-4-3-10-27(29)37-2)38-32(39-30(21)23-14-12-22(19-35)13-15-23)24-7-5-9-26(17-24)34-31(36)25-8-6-16-33-18-25/h3-18,21,28,30,32,35H,19-20H2,1-2H3,(H,34,36). The smallest absolute Gasteiger partial charge is 0.257 e. The number of pyridine rings is 1. The molecule has 0 radical (unpaired) electrons. The van der Waals surface area contributed by atoms with Crippen LogP contribution in [-0.4, -0.2) is 35.0 Å². The van der Waals surface area contributed by atoms with E-state index in [0.29, 0.717) is 17.0 Å². The van der Waals surface area contributed by atoms with Crippen molar-refractivity contribution >= 4 is 23.4 Å². The van der Waals surface area contributed by atoms with Gasteiger partial charge in [0.2, 0.25) is 0 Å². The lowest BCUT2D eigenvalue weighted by Crippen LogP contribution is -2.38. The van der Waals surface area contributed by atoms with E-state index in [1.807, 2.05) is 72.8 Å². The summed E-state index contributed by atoms with van der Waals surface area (Å²) in [5.41, 5.74) is 3.79. The Morgan fingerprint density at radius 2 is 1.82 bits per heavy atom. The Labute approximate surface area is 238 Å². The first-order valence-corrected chi connectivity index (χ1v) is 14.1. The first-order valence-electron chi connectivity index (χ1n) is 13.1. The van der Waals surface area contributed by atoms with Gasteiger partial charge in [0.15, 0.2) is 6.29 Å². The third-order valence-corrected chi connectivity index (χ3v) is 8.08. The van der Waals surface area contributed by atoms with Gasteiger partial charge >= 0.3 is 0 Å². The van der Waals surface area contributed by atoms with E-state index < -0.39 is 6.29 Å². The molecule has 1 fully saturated rings. The number of aliphatic hydroxyl groups is 1. The van der Waals surface area contributed by atoms with Gasteiger partial charge in [-0.1, -0.05) is 55.5 Å². The second-order valence-corrected chi connectivity index (χ2v) is 10.7. The number of hydrogen-bond donors (Lipinski definition) is 2. The van der Waals surface area contributed by atoms with Crippen LogP contribution in [0.2, 0.25) is 0 Å². The van der Waals surface area contributed by atoms with E-state index in [9.17, 15) is 9.90 Å². The highest BCUT2D eigenvalue weighted by Crippen LogP contribution is 2.44. The summed E-state index contributed by atoms with van der Waals surface area (Å²) in [4.78, 5) is 17.8. The summed E-state index contributed by atoms with van der Waals surface area (Å²) >= 11 is 1.69. The topological polar surface area (TPSA) is 89.9 Å². The van der Waals surface area contributed by atoms with Crippen molar-refractivity contribution in [1.29, 1.82) is 0 Å². The molecule has 4 atom stereocenters. The van der Waals surface area contributed by atoms with Crippen LogP contribution in [0.15, 0.2) is 102 Å². The largest absolute Gasteiger partial charge is 0.496 e. The molecule has 0 spiro atoms. The Kier molecular flexibility index (Phi) is 9.13. The Morgan fingerprint density at radius 3 is 2.58 bits per heavy atom. The van der Waals surface area contributed by atoms with Crippen LogP contribution in [0, 0.1) is 5.92 Å². The molecule has 2 N–H and O–H groups in total. The van der Waals surface area contributed by atoms with E-state index in [4.69, 9.17) is 14.2 Å². The summed E-state index contributed by atoms with van der Waals surface area (Å²) in [5.74, 6) is 1.34. The van der Waals surface area contributed by atoms with Gasteiger partial charge in [0.05, 0.1) is 31.5 Å².